The van der Waals surface area contributed by atoms with E-state index in [0.29, 0.717) is 57.8 Å². The van der Waals surface area contributed by atoms with Gasteiger partial charge in [0.1, 0.15) is 17.5 Å². The third kappa shape index (κ3) is 14.6. The van der Waals surface area contributed by atoms with Crippen LogP contribution >= 0.6 is 0 Å². The smallest absolute Gasteiger partial charge is 0.293 e. The van der Waals surface area contributed by atoms with Gasteiger partial charge in [0.2, 0.25) is 0 Å². The molecule has 0 aromatic carbocycles. The number of carbonyl (C=O) groups is 5. The number of Topliss-reactive ketones (excluding diaryl/α,β-unsaturated/α-hetero) is 4. The number of nitrogens with zero attached hydrogens (tertiary/aromatic N) is 1. The molecule has 0 radical (unpaired) electrons. The summed E-state index contributed by atoms with van der Waals surface area (Å²) in [5.41, 5.74) is -0.904. The first-order valence-electron chi connectivity index (χ1n) is 24.9. The van der Waals surface area contributed by atoms with Gasteiger partial charge < -0.3 is 34.4 Å². The molecule has 2 aliphatic carbocycles. The highest BCUT2D eigenvalue weighted by Crippen LogP contribution is 2.42. The maximum Gasteiger partial charge on any atom is 0.293 e. The van der Waals surface area contributed by atoms with Crippen molar-refractivity contribution in [3.63, 3.8) is 0 Å². The van der Waals surface area contributed by atoms with E-state index in [1.54, 1.807) is 14.2 Å². The van der Waals surface area contributed by atoms with E-state index in [1.807, 2.05) is 71.9 Å². The normalized spacial score (nSPS) is 39.7. The van der Waals surface area contributed by atoms with E-state index in [0.717, 1.165) is 24.8 Å². The molecule has 1 saturated heterocycles. The third-order valence-electron chi connectivity index (χ3n) is 16.0. The number of ether oxygens (including phenoxy) is 3. The van der Waals surface area contributed by atoms with Gasteiger partial charge in [-0.2, -0.15) is 0 Å². The summed E-state index contributed by atoms with van der Waals surface area (Å²) in [7, 11) is 4.68. The van der Waals surface area contributed by atoms with Crippen LogP contribution in [-0.2, 0) is 38.2 Å². The molecule has 4 aliphatic rings. The van der Waals surface area contributed by atoms with Crippen LogP contribution in [0.15, 0.2) is 36.0 Å². The molecule has 12 heteroatoms. The van der Waals surface area contributed by atoms with Crippen LogP contribution in [0.25, 0.3) is 0 Å². The fourth-order valence-electron chi connectivity index (χ4n) is 11.5. The summed E-state index contributed by atoms with van der Waals surface area (Å²) < 4.78 is 17.2. The van der Waals surface area contributed by atoms with Gasteiger partial charge in [-0.1, -0.05) is 71.9 Å². The van der Waals surface area contributed by atoms with Gasteiger partial charge in [-0.25, -0.2) is 0 Å². The Morgan fingerprint density at radius 2 is 1.49 bits per heavy atom. The Morgan fingerprint density at radius 3 is 2.17 bits per heavy atom. The minimum Gasteiger partial charge on any atom is -0.390 e. The van der Waals surface area contributed by atoms with Crippen molar-refractivity contribution in [1.29, 1.82) is 0 Å². The average molecular weight is 912 g/mol. The van der Waals surface area contributed by atoms with Gasteiger partial charge in [0.05, 0.1) is 30.5 Å². The maximum absolute atomic E-state index is 14.6. The molecule has 4 unspecified atom stereocenters. The Kier molecular flexibility index (Phi) is 21.5. The second-order valence-corrected chi connectivity index (χ2v) is 21.1. The van der Waals surface area contributed by atoms with Crippen LogP contribution in [0, 0.1) is 53.3 Å². The van der Waals surface area contributed by atoms with E-state index in [1.165, 1.54) is 12.0 Å². The lowest BCUT2D eigenvalue weighted by Crippen LogP contribution is -2.59. The Labute approximate surface area is 390 Å². The Bertz CT molecular complexity index is 1690. The standard InChI is InChI=1S/C53H85NO11/c1-32-16-12-11-13-17-33(2)46(63-8)28-40-20-19-38(7)53(62,31-40)51(60)52(61)54-23-15-14-18-42(54)45(57)30-41(34(3)26-39-21-22-43(55)47(27-39)64-9)29-44(56)35(4)25-37(6)49(59)50(65-10)48(58)36(5)24-32/h11-13,16-17,32,34-43,46-47,49-50,55,59,62H,14-15,18-31H2,1-10H3/b13-11?,16-12+,33-17?/t32-,34-,35-,36+,37-,38+,39?,40+,41-,42-,43+,46?,47?,49+,50?,53-/m0/s1. The summed E-state index contributed by atoms with van der Waals surface area (Å²) in [4.78, 5) is 72.8. The molecule has 2 saturated carbocycles. The van der Waals surface area contributed by atoms with Crippen molar-refractivity contribution < 1.29 is 53.5 Å². The highest BCUT2D eigenvalue weighted by molar-refractivity contribution is 6.39. The number of amides is 1. The number of hydrogen-bond acceptors (Lipinski definition) is 11. The monoisotopic (exact) mass is 912 g/mol. The van der Waals surface area contributed by atoms with E-state index < -0.39 is 59.4 Å². The van der Waals surface area contributed by atoms with Crippen LogP contribution in [-0.4, -0.2) is 119 Å². The van der Waals surface area contributed by atoms with Crippen LogP contribution in [0.2, 0.25) is 0 Å². The SMILES string of the molecule is COC1C[C@H]2CC[C@@H](C)[C@@](O)(C2)C(=O)C(=O)N2CCCC[C@H]2C(=O)C[C@@H]([C@@H](C)CC2CC[C@@H](O)C(OC)C2)CC(=O)[C@@H](C)C[C@H](C)[C@@H](O)C(OC)C(=O)[C@H](C)C[C@@H](C)/C=C/C=CC=C1C. The maximum atomic E-state index is 14.6. The van der Waals surface area contributed by atoms with E-state index in [4.69, 9.17) is 14.2 Å². The fourth-order valence-corrected chi connectivity index (χ4v) is 11.5. The molecule has 368 valence electrons. The first-order valence-corrected chi connectivity index (χ1v) is 24.9. The molecule has 1 amide bonds. The second-order valence-electron chi connectivity index (χ2n) is 21.1. The van der Waals surface area contributed by atoms with Gasteiger partial charge in [0.15, 0.2) is 11.6 Å². The summed E-state index contributed by atoms with van der Waals surface area (Å²) in [5.74, 6) is -4.11. The summed E-state index contributed by atoms with van der Waals surface area (Å²) >= 11 is 0. The first-order chi connectivity index (χ1) is 30.7. The molecule has 0 aromatic rings. The average Bonchev–Trinajstić information content (AvgIpc) is 3.28. The van der Waals surface area contributed by atoms with Gasteiger partial charge in [-0.3, -0.25) is 24.0 Å². The van der Waals surface area contributed by atoms with Gasteiger partial charge >= 0.3 is 0 Å². The van der Waals surface area contributed by atoms with Crippen molar-refractivity contribution in [3.05, 3.63) is 36.0 Å². The largest absolute Gasteiger partial charge is 0.390 e. The second kappa shape index (κ2) is 25.5. The predicted molar refractivity (Wildman–Crippen MR) is 252 cm³/mol. The van der Waals surface area contributed by atoms with Gasteiger partial charge in [0.25, 0.3) is 11.7 Å². The highest BCUT2D eigenvalue weighted by Gasteiger charge is 2.51. The lowest BCUT2D eigenvalue weighted by molar-refractivity contribution is -0.165. The molecule has 2 aliphatic heterocycles. The number of ketones is 4. The quantitative estimate of drug-likeness (QED) is 0.224. The zero-order valence-electron chi connectivity index (χ0n) is 41.4. The van der Waals surface area contributed by atoms with E-state index in [-0.39, 0.29) is 90.9 Å². The van der Waals surface area contributed by atoms with Crippen LogP contribution in [0.1, 0.15) is 145 Å². The molecule has 16 atom stereocenters. The molecular formula is C53H85NO11. The number of piperidine rings is 1. The van der Waals surface area contributed by atoms with E-state index in [9.17, 15) is 39.3 Å². The van der Waals surface area contributed by atoms with Crippen LogP contribution in [0.3, 0.4) is 0 Å². The molecule has 12 nitrogen and oxygen atoms in total. The summed E-state index contributed by atoms with van der Waals surface area (Å²) in [6.45, 7) is 13.7. The molecule has 0 spiro atoms. The summed E-state index contributed by atoms with van der Waals surface area (Å²) in [6.07, 6.45) is 14.1. The third-order valence-corrected chi connectivity index (χ3v) is 16.0. The lowest BCUT2D eigenvalue weighted by atomic mass is 9.67. The number of allylic oxidation sites excluding steroid dienone is 5. The van der Waals surface area contributed by atoms with Crippen LogP contribution in [0.5, 0.6) is 0 Å². The molecule has 2 bridgehead atoms. The minimum atomic E-state index is -1.88. The molecule has 65 heavy (non-hydrogen) atoms. The Morgan fingerprint density at radius 1 is 0.785 bits per heavy atom. The number of aliphatic hydroxyl groups excluding tert-OH is 2. The predicted octanol–water partition coefficient (Wildman–Crippen LogP) is 7.59. The van der Waals surface area contributed by atoms with Crippen molar-refractivity contribution in [1.82, 2.24) is 4.90 Å². The number of fused-ring (bicyclic) bond motifs is 3. The van der Waals surface area contributed by atoms with Crippen molar-refractivity contribution >= 4 is 29.0 Å². The summed E-state index contributed by atoms with van der Waals surface area (Å²) in [6, 6.07) is -0.850. The topological polar surface area (TPSA) is 177 Å². The van der Waals surface area contributed by atoms with Gasteiger partial charge in [-0.15, -0.1) is 0 Å². The molecule has 2 heterocycles. The number of methoxy groups -OCH3 is 3. The zero-order chi connectivity index (χ0) is 48.2. The van der Waals surface area contributed by atoms with Crippen molar-refractivity contribution in [2.24, 2.45) is 53.3 Å². The molecule has 4 rings (SSSR count). The number of carbonyl (C=O) groups excluding carboxylic acids is 5. The number of rotatable bonds is 6. The molecular weight excluding hydrogens is 827 g/mol. The zero-order valence-corrected chi connectivity index (χ0v) is 41.4. The van der Waals surface area contributed by atoms with Crippen LogP contribution < -0.4 is 0 Å². The fraction of sp³-hybridized carbons (Fsp3) is 0.792. The number of aliphatic hydroxyl groups is 3. The Balaban J connectivity index is 1.68. The van der Waals surface area contributed by atoms with Crippen LogP contribution in [0.4, 0.5) is 0 Å². The molecule has 3 N–H and O–H groups in total. The first kappa shape index (κ1) is 54.7. The summed E-state index contributed by atoms with van der Waals surface area (Å²) in [5, 5.41) is 34.2. The number of hydrogen-bond donors (Lipinski definition) is 3. The highest BCUT2D eigenvalue weighted by atomic mass is 16.5. The lowest BCUT2D eigenvalue weighted by Gasteiger charge is -2.43. The van der Waals surface area contributed by atoms with E-state index in [2.05, 4.69) is 6.92 Å². The minimum absolute atomic E-state index is 0.0401. The molecule has 0 aromatic heterocycles. The van der Waals surface area contributed by atoms with Crippen molar-refractivity contribution in [2.45, 2.75) is 187 Å². The van der Waals surface area contributed by atoms with Gasteiger partial charge in [-0.05, 0) is 137 Å². The Hall–Kier alpha value is -2.87. The van der Waals surface area contributed by atoms with Crippen molar-refractivity contribution in [2.75, 3.05) is 27.9 Å². The van der Waals surface area contributed by atoms with Gasteiger partial charge in [0, 0.05) is 52.6 Å². The van der Waals surface area contributed by atoms with E-state index >= 15 is 0 Å². The molecule has 3 fully saturated rings. The van der Waals surface area contributed by atoms with Crippen molar-refractivity contribution in [3.8, 4) is 0 Å².